The van der Waals surface area contributed by atoms with Crippen molar-refractivity contribution in [1.29, 1.82) is 0 Å². The molecule has 0 saturated carbocycles. The van der Waals surface area contributed by atoms with Crippen molar-refractivity contribution in [3.63, 3.8) is 0 Å². The van der Waals surface area contributed by atoms with E-state index in [1.54, 1.807) is 31.2 Å². The van der Waals surface area contributed by atoms with Gasteiger partial charge in [-0.05, 0) is 36.6 Å². The molecule has 0 atom stereocenters. The summed E-state index contributed by atoms with van der Waals surface area (Å²) in [4.78, 5) is 23.0. The zero-order valence-electron chi connectivity index (χ0n) is 15.2. The van der Waals surface area contributed by atoms with Gasteiger partial charge in [0.05, 0.1) is 0 Å². The number of rotatable bonds is 11. The molecule has 0 fully saturated rings. The average Bonchev–Trinajstić information content (AvgIpc) is 2.55. The molecule has 4 heteroatoms. The van der Waals surface area contributed by atoms with Crippen molar-refractivity contribution in [2.75, 3.05) is 0 Å². The highest BCUT2D eigenvalue weighted by molar-refractivity contribution is 5.73. The van der Waals surface area contributed by atoms with Crippen LogP contribution >= 0.6 is 0 Å². The molecule has 1 aromatic rings. The van der Waals surface area contributed by atoms with Gasteiger partial charge in [0, 0.05) is 12.8 Å². The van der Waals surface area contributed by atoms with E-state index in [-0.39, 0.29) is 11.9 Å². The minimum Gasteiger partial charge on any atom is -0.427 e. The van der Waals surface area contributed by atoms with Crippen LogP contribution in [0.15, 0.2) is 24.3 Å². The van der Waals surface area contributed by atoms with Crippen molar-refractivity contribution in [1.82, 2.24) is 0 Å². The van der Waals surface area contributed by atoms with E-state index in [1.807, 2.05) is 0 Å². The Morgan fingerprint density at radius 3 is 1.88 bits per heavy atom. The number of unbranched alkanes of at least 4 members (excludes halogenated alkanes) is 4. The van der Waals surface area contributed by atoms with Crippen molar-refractivity contribution in [2.24, 2.45) is 5.92 Å². The molecule has 0 unspecified atom stereocenters. The van der Waals surface area contributed by atoms with Gasteiger partial charge in [-0.15, -0.1) is 0 Å². The molecular formula is C20H30O4. The van der Waals surface area contributed by atoms with Gasteiger partial charge in [-0.3, -0.25) is 9.59 Å². The first-order valence-corrected chi connectivity index (χ1v) is 9.02. The lowest BCUT2D eigenvalue weighted by molar-refractivity contribution is -0.135. The summed E-state index contributed by atoms with van der Waals surface area (Å²) in [6.07, 6.45) is 7.68. The van der Waals surface area contributed by atoms with Crippen LogP contribution in [0.3, 0.4) is 0 Å². The molecule has 0 amide bonds. The Balaban J connectivity index is 2.17. The van der Waals surface area contributed by atoms with E-state index < -0.39 is 0 Å². The quantitative estimate of drug-likeness (QED) is 0.313. The standard InChI is InChI=1S/C20H30O4/c1-4-19(21)23-17-12-14-18(15-13-17)24-20(22)11-9-7-5-6-8-10-16(2)3/h12-16H,4-11H2,1-3H3. The summed E-state index contributed by atoms with van der Waals surface area (Å²) in [7, 11) is 0. The fraction of sp³-hybridized carbons (Fsp3) is 0.600. The van der Waals surface area contributed by atoms with Gasteiger partial charge in [-0.25, -0.2) is 0 Å². The topological polar surface area (TPSA) is 52.6 Å². The number of ether oxygens (including phenoxy) is 2. The lowest BCUT2D eigenvalue weighted by Gasteiger charge is -2.06. The molecule has 0 N–H and O–H groups in total. The molecule has 1 aromatic carbocycles. The van der Waals surface area contributed by atoms with Crippen molar-refractivity contribution in [3.8, 4) is 11.5 Å². The highest BCUT2D eigenvalue weighted by Gasteiger charge is 2.06. The molecule has 24 heavy (non-hydrogen) atoms. The van der Waals surface area contributed by atoms with E-state index in [4.69, 9.17) is 9.47 Å². The highest BCUT2D eigenvalue weighted by Crippen LogP contribution is 2.19. The maximum atomic E-state index is 11.8. The second kappa shape index (κ2) is 11.7. The van der Waals surface area contributed by atoms with Crippen LogP contribution < -0.4 is 9.47 Å². The largest absolute Gasteiger partial charge is 0.427 e. The Morgan fingerprint density at radius 2 is 1.33 bits per heavy atom. The Bertz CT molecular complexity index is 491. The van der Waals surface area contributed by atoms with Crippen molar-refractivity contribution < 1.29 is 19.1 Å². The molecule has 0 heterocycles. The Morgan fingerprint density at radius 1 is 0.833 bits per heavy atom. The van der Waals surface area contributed by atoms with Gasteiger partial charge in [0.1, 0.15) is 11.5 Å². The van der Waals surface area contributed by atoms with Crippen molar-refractivity contribution in [2.45, 2.75) is 72.1 Å². The summed E-state index contributed by atoms with van der Waals surface area (Å²) in [6.45, 7) is 6.23. The molecule has 0 aliphatic heterocycles. The summed E-state index contributed by atoms with van der Waals surface area (Å²) < 4.78 is 10.4. The molecule has 0 spiro atoms. The molecule has 0 bridgehead atoms. The first-order valence-electron chi connectivity index (χ1n) is 9.02. The van der Waals surface area contributed by atoms with Gasteiger partial charge >= 0.3 is 11.9 Å². The third kappa shape index (κ3) is 9.33. The lowest BCUT2D eigenvalue weighted by Crippen LogP contribution is -2.08. The van der Waals surface area contributed by atoms with Crippen LogP contribution in [0.5, 0.6) is 11.5 Å². The molecule has 0 aliphatic rings. The van der Waals surface area contributed by atoms with Crippen LogP contribution in [0.2, 0.25) is 0 Å². The summed E-state index contributed by atoms with van der Waals surface area (Å²) in [5.74, 6) is 1.22. The zero-order chi connectivity index (χ0) is 17.8. The van der Waals surface area contributed by atoms with Crippen LogP contribution in [0.25, 0.3) is 0 Å². The smallest absolute Gasteiger partial charge is 0.311 e. The lowest BCUT2D eigenvalue weighted by atomic mass is 10.0. The third-order valence-corrected chi connectivity index (χ3v) is 3.74. The summed E-state index contributed by atoms with van der Waals surface area (Å²) >= 11 is 0. The van der Waals surface area contributed by atoms with Crippen LogP contribution in [0.4, 0.5) is 0 Å². The van der Waals surface area contributed by atoms with E-state index in [0.29, 0.717) is 24.3 Å². The Hall–Kier alpha value is -1.84. The first-order chi connectivity index (χ1) is 11.5. The van der Waals surface area contributed by atoms with Gasteiger partial charge in [0.2, 0.25) is 0 Å². The van der Waals surface area contributed by atoms with Crippen LogP contribution in [-0.2, 0) is 9.59 Å². The zero-order valence-corrected chi connectivity index (χ0v) is 15.2. The molecule has 0 saturated heterocycles. The van der Waals surface area contributed by atoms with E-state index in [1.165, 1.54) is 25.7 Å². The maximum Gasteiger partial charge on any atom is 0.311 e. The van der Waals surface area contributed by atoms with Crippen LogP contribution in [0.1, 0.15) is 72.1 Å². The van der Waals surface area contributed by atoms with E-state index in [2.05, 4.69) is 13.8 Å². The minimum atomic E-state index is -0.284. The molecule has 0 radical (unpaired) electrons. The van der Waals surface area contributed by atoms with E-state index in [0.717, 1.165) is 18.8 Å². The summed E-state index contributed by atoms with van der Waals surface area (Å²) in [6, 6.07) is 6.54. The minimum absolute atomic E-state index is 0.213. The predicted molar refractivity (Wildman–Crippen MR) is 95.2 cm³/mol. The van der Waals surface area contributed by atoms with Crippen LogP contribution in [-0.4, -0.2) is 11.9 Å². The third-order valence-electron chi connectivity index (χ3n) is 3.74. The fourth-order valence-electron chi connectivity index (χ4n) is 2.31. The number of hydrogen-bond acceptors (Lipinski definition) is 4. The van der Waals surface area contributed by atoms with Crippen molar-refractivity contribution >= 4 is 11.9 Å². The molecular weight excluding hydrogens is 304 g/mol. The molecule has 134 valence electrons. The average molecular weight is 334 g/mol. The number of esters is 2. The first kappa shape index (κ1) is 20.2. The van der Waals surface area contributed by atoms with Crippen molar-refractivity contribution in [3.05, 3.63) is 24.3 Å². The van der Waals surface area contributed by atoms with Crippen LogP contribution in [0, 0.1) is 5.92 Å². The number of hydrogen-bond donors (Lipinski definition) is 0. The number of benzene rings is 1. The number of carbonyl (C=O) groups is 2. The maximum absolute atomic E-state index is 11.8. The van der Waals surface area contributed by atoms with Gasteiger partial charge < -0.3 is 9.47 Å². The summed E-state index contributed by atoms with van der Waals surface area (Å²) in [5, 5.41) is 0. The monoisotopic (exact) mass is 334 g/mol. The molecule has 0 aromatic heterocycles. The molecule has 4 nitrogen and oxygen atoms in total. The Kier molecular flexibility index (Phi) is 9.81. The summed E-state index contributed by atoms with van der Waals surface area (Å²) in [5.41, 5.74) is 0. The Labute approximate surface area is 145 Å². The molecule has 1 rings (SSSR count). The SMILES string of the molecule is CCC(=O)Oc1ccc(OC(=O)CCCCCCCC(C)C)cc1. The second-order valence-corrected chi connectivity index (χ2v) is 6.47. The van der Waals surface area contributed by atoms with E-state index >= 15 is 0 Å². The highest BCUT2D eigenvalue weighted by atomic mass is 16.5. The van der Waals surface area contributed by atoms with Gasteiger partial charge in [-0.2, -0.15) is 0 Å². The molecule has 0 aliphatic carbocycles. The van der Waals surface area contributed by atoms with Gasteiger partial charge in [0.25, 0.3) is 0 Å². The fourth-order valence-corrected chi connectivity index (χ4v) is 2.31. The second-order valence-electron chi connectivity index (χ2n) is 6.47. The number of carbonyl (C=O) groups excluding carboxylic acids is 2. The normalized spacial score (nSPS) is 10.7. The van der Waals surface area contributed by atoms with E-state index in [9.17, 15) is 9.59 Å². The van der Waals surface area contributed by atoms with Gasteiger partial charge in [0.15, 0.2) is 0 Å². The van der Waals surface area contributed by atoms with Gasteiger partial charge in [-0.1, -0.05) is 52.9 Å². The predicted octanol–water partition coefficient (Wildman–Crippen LogP) is 5.29.